The molecule has 0 spiro atoms. The summed E-state index contributed by atoms with van der Waals surface area (Å²) in [5.41, 5.74) is 1.87. The molecule has 1 aliphatic rings. The van der Waals surface area contributed by atoms with Crippen LogP contribution in [0.1, 0.15) is 64.8 Å². The molecule has 3 aromatic rings. The highest BCUT2D eigenvalue weighted by Gasteiger charge is 2.32. The number of carboxylic acids is 1. The van der Waals surface area contributed by atoms with Crippen LogP contribution in [0.25, 0.3) is 10.9 Å². The van der Waals surface area contributed by atoms with E-state index < -0.39 is 17.7 Å². The van der Waals surface area contributed by atoms with Gasteiger partial charge in [0.1, 0.15) is 0 Å². The minimum atomic E-state index is -4.45. The van der Waals surface area contributed by atoms with Crippen molar-refractivity contribution in [2.75, 3.05) is 0 Å². The summed E-state index contributed by atoms with van der Waals surface area (Å²) in [5.74, 6) is -1.16. The number of carbonyl (C=O) groups excluding carboxylic acids is 1. The molecule has 4 nitrogen and oxygen atoms in total. The highest BCUT2D eigenvalue weighted by atomic mass is 35.5. The van der Waals surface area contributed by atoms with Gasteiger partial charge in [0, 0.05) is 47.1 Å². The number of halogens is 5. The number of aromatic nitrogens is 1. The Morgan fingerprint density at radius 2 is 1.75 bits per heavy atom. The van der Waals surface area contributed by atoms with Crippen molar-refractivity contribution < 1.29 is 27.9 Å². The lowest BCUT2D eigenvalue weighted by Gasteiger charge is -2.25. The zero-order valence-corrected chi connectivity index (χ0v) is 21.4. The summed E-state index contributed by atoms with van der Waals surface area (Å²) in [7, 11) is 1.70. The van der Waals surface area contributed by atoms with Gasteiger partial charge in [-0.2, -0.15) is 13.2 Å². The summed E-state index contributed by atoms with van der Waals surface area (Å²) >= 11 is 13.1. The van der Waals surface area contributed by atoms with E-state index in [1.165, 1.54) is 0 Å². The summed E-state index contributed by atoms with van der Waals surface area (Å²) < 4.78 is 41.7. The molecule has 0 saturated heterocycles. The number of hydrogen-bond acceptors (Lipinski definition) is 2. The smallest absolute Gasteiger partial charge is 0.416 e. The Labute approximate surface area is 217 Å². The molecule has 1 heterocycles. The van der Waals surface area contributed by atoms with E-state index >= 15 is 0 Å². The van der Waals surface area contributed by atoms with Crippen LogP contribution in [0.15, 0.2) is 30.3 Å². The van der Waals surface area contributed by atoms with E-state index in [1.807, 2.05) is 6.07 Å². The number of rotatable bonds is 6. The van der Waals surface area contributed by atoms with Crippen molar-refractivity contribution in [2.24, 2.45) is 18.9 Å². The first-order chi connectivity index (χ1) is 16.9. The lowest BCUT2D eigenvalue weighted by Crippen LogP contribution is -2.23. The number of benzene rings is 2. The molecule has 0 bridgehead atoms. The number of carbonyl (C=O) groups is 2. The number of carboxylic acid groups (broad SMARTS) is 1. The second kappa shape index (κ2) is 10.1. The van der Waals surface area contributed by atoms with Gasteiger partial charge in [-0.3, -0.25) is 9.59 Å². The molecule has 1 aliphatic carbocycles. The van der Waals surface area contributed by atoms with E-state index in [9.17, 15) is 27.9 Å². The number of aliphatic carboxylic acids is 1. The van der Waals surface area contributed by atoms with E-state index in [0.717, 1.165) is 12.1 Å². The van der Waals surface area contributed by atoms with Crippen molar-refractivity contribution in [1.29, 1.82) is 0 Å². The molecule has 0 radical (unpaired) electrons. The van der Waals surface area contributed by atoms with Gasteiger partial charge in [0.05, 0.1) is 16.5 Å². The van der Waals surface area contributed by atoms with Crippen molar-refractivity contribution in [3.63, 3.8) is 0 Å². The summed E-state index contributed by atoms with van der Waals surface area (Å²) in [6.07, 6.45) is -1.45. The first-order valence-corrected chi connectivity index (χ1v) is 12.5. The Balaban J connectivity index is 1.60. The average Bonchev–Trinajstić information content (AvgIpc) is 3.12. The van der Waals surface area contributed by atoms with Crippen molar-refractivity contribution in [3.8, 4) is 0 Å². The molecule has 36 heavy (non-hydrogen) atoms. The zero-order chi connectivity index (χ0) is 26.4. The lowest BCUT2D eigenvalue weighted by atomic mass is 9.79. The Morgan fingerprint density at radius 3 is 2.36 bits per heavy atom. The summed E-state index contributed by atoms with van der Waals surface area (Å²) in [6, 6.07) is 7.31. The van der Waals surface area contributed by atoms with Gasteiger partial charge >= 0.3 is 12.1 Å². The average molecular weight is 540 g/mol. The maximum absolute atomic E-state index is 13.3. The standard InChI is InChI=1S/C27H26Cl2F3NO3/c1-14-9-17(27(30,31)32)11-23-20(14)12-18(33(23)2)13-21-22(28)8-7-19(25(21)29)24(34)10-15-3-5-16(6-4-15)26(35)36/h7-9,11-12,15-16H,3-6,10,13H2,1-2H3,(H,35,36). The van der Waals surface area contributed by atoms with Gasteiger partial charge in [-0.15, -0.1) is 0 Å². The maximum atomic E-state index is 13.3. The number of Topliss-reactive ketones (excluding diaryl/α,β-unsaturated/α-hetero) is 1. The normalized spacial score (nSPS) is 18.5. The predicted molar refractivity (Wildman–Crippen MR) is 134 cm³/mol. The van der Waals surface area contributed by atoms with Gasteiger partial charge in [0.25, 0.3) is 0 Å². The first kappa shape index (κ1) is 26.6. The Hall–Kier alpha value is -2.51. The minimum absolute atomic E-state index is 0.104. The monoisotopic (exact) mass is 539 g/mol. The molecule has 1 N–H and O–H groups in total. The fourth-order valence-corrected chi connectivity index (χ4v) is 5.75. The highest BCUT2D eigenvalue weighted by molar-refractivity contribution is 6.38. The first-order valence-electron chi connectivity index (χ1n) is 11.8. The topological polar surface area (TPSA) is 59.3 Å². The van der Waals surface area contributed by atoms with Gasteiger partial charge in [-0.25, -0.2) is 0 Å². The highest BCUT2D eigenvalue weighted by Crippen LogP contribution is 2.37. The second-order valence-corrected chi connectivity index (χ2v) is 10.5. The molecule has 0 aliphatic heterocycles. The van der Waals surface area contributed by atoms with Crippen LogP contribution in [0.4, 0.5) is 13.2 Å². The molecule has 192 valence electrons. The van der Waals surface area contributed by atoms with E-state index in [-0.39, 0.29) is 35.5 Å². The summed E-state index contributed by atoms with van der Waals surface area (Å²) in [4.78, 5) is 24.3. The predicted octanol–water partition coefficient (Wildman–Crippen LogP) is 7.87. The van der Waals surface area contributed by atoms with Crippen molar-refractivity contribution in [2.45, 2.75) is 51.6 Å². The molecule has 2 aromatic carbocycles. The molecule has 1 saturated carbocycles. The van der Waals surface area contributed by atoms with Crippen LogP contribution in [0.5, 0.6) is 0 Å². The van der Waals surface area contributed by atoms with Crippen LogP contribution in [-0.2, 0) is 24.4 Å². The number of ketones is 1. The Bertz CT molecular complexity index is 1340. The number of hydrogen-bond donors (Lipinski definition) is 1. The number of aryl methyl sites for hydroxylation is 2. The van der Waals surface area contributed by atoms with Crippen LogP contribution in [-0.4, -0.2) is 21.4 Å². The Morgan fingerprint density at radius 1 is 1.08 bits per heavy atom. The number of nitrogens with zero attached hydrogens (tertiary/aromatic N) is 1. The summed E-state index contributed by atoms with van der Waals surface area (Å²) in [5, 5.41) is 10.5. The molecule has 1 aromatic heterocycles. The number of alkyl halides is 3. The third kappa shape index (κ3) is 5.28. The lowest BCUT2D eigenvalue weighted by molar-refractivity contribution is -0.143. The number of fused-ring (bicyclic) bond motifs is 1. The molecule has 1 fully saturated rings. The molecule has 9 heteroatoms. The van der Waals surface area contributed by atoms with Gasteiger partial charge < -0.3 is 9.67 Å². The van der Waals surface area contributed by atoms with Gasteiger partial charge in [0.2, 0.25) is 0 Å². The van der Waals surface area contributed by atoms with E-state index in [0.29, 0.717) is 64.0 Å². The van der Waals surface area contributed by atoms with Crippen molar-refractivity contribution in [3.05, 3.63) is 68.3 Å². The van der Waals surface area contributed by atoms with Gasteiger partial charge in [0.15, 0.2) is 5.78 Å². The van der Waals surface area contributed by atoms with Crippen LogP contribution in [0, 0.1) is 18.8 Å². The SMILES string of the molecule is Cc1cc(C(F)(F)F)cc2c1cc(Cc1c(Cl)ccc(C(=O)CC3CCC(C(=O)O)CC3)c1Cl)n2C. The van der Waals surface area contributed by atoms with Crippen LogP contribution in [0.3, 0.4) is 0 Å². The maximum Gasteiger partial charge on any atom is 0.416 e. The third-order valence-electron chi connectivity index (χ3n) is 7.31. The van der Waals surface area contributed by atoms with E-state index in [2.05, 4.69) is 0 Å². The van der Waals surface area contributed by atoms with Crippen LogP contribution < -0.4 is 0 Å². The van der Waals surface area contributed by atoms with Crippen molar-refractivity contribution in [1.82, 2.24) is 4.57 Å². The molecular formula is C27H26Cl2F3NO3. The molecular weight excluding hydrogens is 514 g/mol. The Kier molecular flexibility index (Phi) is 7.45. The van der Waals surface area contributed by atoms with Crippen molar-refractivity contribution >= 4 is 45.9 Å². The molecule has 0 atom stereocenters. The van der Waals surface area contributed by atoms with E-state index in [1.54, 1.807) is 30.7 Å². The van der Waals surface area contributed by atoms with Gasteiger partial charge in [-0.05, 0) is 80.0 Å². The van der Waals surface area contributed by atoms with E-state index in [4.69, 9.17) is 23.2 Å². The van der Waals surface area contributed by atoms with Crippen LogP contribution >= 0.6 is 23.2 Å². The molecule has 0 unspecified atom stereocenters. The molecule has 0 amide bonds. The third-order valence-corrected chi connectivity index (χ3v) is 8.10. The fourth-order valence-electron chi connectivity index (χ4n) is 5.14. The van der Waals surface area contributed by atoms with Crippen LogP contribution in [0.2, 0.25) is 10.0 Å². The largest absolute Gasteiger partial charge is 0.481 e. The summed E-state index contributed by atoms with van der Waals surface area (Å²) in [6.45, 7) is 1.64. The zero-order valence-electron chi connectivity index (χ0n) is 19.9. The fraction of sp³-hybridized carbons (Fsp3) is 0.407. The second-order valence-electron chi connectivity index (χ2n) is 9.67. The molecule has 4 rings (SSSR count). The van der Waals surface area contributed by atoms with Gasteiger partial charge in [-0.1, -0.05) is 23.2 Å². The quantitative estimate of drug-likeness (QED) is 0.324. The minimum Gasteiger partial charge on any atom is -0.481 e.